The molecule has 0 amide bonds. The Bertz CT molecular complexity index is 926. The summed E-state index contributed by atoms with van der Waals surface area (Å²) in [6, 6.07) is 4.91. The van der Waals surface area contributed by atoms with E-state index >= 15 is 0 Å². The van der Waals surface area contributed by atoms with Crippen LogP contribution >= 0.6 is 34.5 Å². The van der Waals surface area contributed by atoms with Crippen LogP contribution in [0, 0.1) is 0 Å². The van der Waals surface area contributed by atoms with Gasteiger partial charge in [0.25, 0.3) is 0 Å². The zero-order chi connectivity index (χ0) is 16.4. The number of halogens is 2. The Morgan fingerprint density at radius 1 is 1.35 bits per heavy atom. The highest BCUT2D eigenvalue weighted by atomic mass is 35.5. The minimum atomic E-state index is -3.82. The van der Waals surface area contributed by atoms with E-state index in [1.807, 2.05) is 17.5 Å². The maximum absolute atomic E-state index is 12.2. The highest BCUT2D eigenvalue weighted by Crippen LogP contribution is 2.23. The maximum Gasteiger partial charge on any atom is 0.242 e. The number of pyridine rings is 1. The smallest absolute Gasteiger partial charge is 0.242 e. The van der Waals surface area contributed by atoms with Crippen LogP contribution < -0.4 is 4.72 Å². The Morgan fingerprint density at radius 3 is 2.87 bits per heavy atom. The normalized spacial score (nSPS) is 11.7. The van der Waals surface area contributed by atoms with Crippen LogP contribution in [0.15, 0.2) is 39.2 Å². The number of hydrogen-bond acceptors (Lipinski definition) is 7. The molecule has 0 aliphatic heterocycles. The van der Waals surface area contributed by atoms with Gasteiger partial charge in [0, 0.05) is 6.20 Å². The molecule has 11 heteroatoms. The number of sulfonamides is 1. The van der Waals surface area contributed by atoms with Crippen LogP contribution in [0.4, 0.5) is 0 Å². The quantitative estimate of drug-likeness (QED) is 0.672. The van der Waals surface area contributed by atoms with Crippen molar-refractivity contribution in [1.82, 2.24) is 19.8 Å². The topological polar surface area (TPSA) is 98.0 Å². The number of rotatable bonds is 5. The molecule has 3 aromatic rings. The van der Waals surface area contributed by atoms with E-state index in [9.17, 15) is 8.42 Å². The van der Waals surface area contributed by atoms with Gasteiger partial charge < -0.3 is 4.52 Å². The Morgan fingerprint density at radius 2 is 2.17 bits per heavy atom. The van der Waals surface area contributed by atoms with Crippen molar-refractivity contribution in [1.29, 1.82) is 0 Å². The fraction of sp³-hybridized carbons (Fsp3) is 0.0833. The first-order valence-electron chi connectivity index (χ1n) is 6.13. The first kappa shape index (κ1) is 16.3. The lowest BCUT2D eigenvalue weighted by atomic mass is 10.4. The second kappa shape index (κ2) is 6.54. The summed E-state index contributed by atoms with van der Waals surface area (Å²) < 4.78 is 31.7. The Balaban J connectivity index is 1.73. The maximum atomic E-state index is 12.2. The molecule has 0 fully saturated rings. The van der Waals surface area contributed by atoms with Crippen LogP contribution in [0.5, 0.6) is 0 Å². The van der Waals surface area contributed by atoms with Gasteiger partial charge in [-0.1, -0.05) is 34.4 Å². The van der Waals surface area contributed by atoms with Crippen molar-refractivity contribution in [2.24, 2.45) is 0 Å². The van der Waals surface area contributed by atoms with Gasteiger partial charge in [0.1, 0.15) is 10.0 Å². The monoisotopic (exact) mass is 390 g/mol. The van der Waals surface area contributed by atoms with E-state index in [1.165, 1.54) is 17.4 Å². The second-order valence-electron chi connectivity index (χ2n) is 4.26. The van der Waals surface area contributed by atoms with Gasteiger partial charge in [-0.05, 0) is 17.5 Å². The SMILES string of the molecule is O=S(=O)(NCc1nc(-c2cccs2)no1)c1cnc(Cl)c(Cl)c1. The van der Waals surface area contributed by atoms with Gasteiger partial charge in [-0.2, -0.15) is 4.98 Å². The van der Waals surface area contributed by atoms with Crippen LogP contribution in [-0.2, 0) is 16.6 Å². The van der Waals surface area contributed by atoms with Crippen molar-refractivity contribution >= 4 is 44.6 Å². The van der Waals surface area contributed by atoms with Gasteiger partial charge in [-0.15, -0.1) is 11.3 Å². The van der Waals surface area contributed by atoms with Crippen molar-refractivity contribution in [3.63, 3.8) is 0 Å². The number of aromatic nitrogens is 3. The predicted molar refractivity (Wildman–Crippen MR) is 85.9 cm³/mol. The molecule has 0 aliphatic rings. The molecule has 23 heavy (non-hydrogen) atoms. The molecule has 0 unspecified atom stereocenters. The summed E-state index contributed by atoms with van der Waals surface area (Å²) in [6.45, 7) is -0.152. The third kappa shape index (κ3) is 3.70. The molecule has 0 radical (unpaired) electrons. The summed E-state index contributed by atoms with van der Waals surface area (Å²) in [6.07, 6.45) is 1.11. The van der Waals surface area contributed by atoms with Crippen LogP contribution in [0.1, 0.15) is 5.89 Å². The molecule has 7 nitrogen and oxygen atoms in total. The van der Waals surface area contributed by atoms with E-state index in [4.69, 9.17) is 27.7 Å². The van der Waals surface area contributed by atoms with Crippen molar-refractivity contribution in [3.8, 4) is 10.7 Å². The average Bonchev–Trinajstić information content (AvgIpc) is 3.18. The largest absolute Gasteiger partial charge is 0.337 e. The first-order chi connectivity index (χ1) is 11.0. The molecule has 120 valence electrons. The molecule has 0 bridgehead atoms. The Labute approximate surface area is 145 Å². The molecule has 0 saturated carbocycles. The highest BCUT2D eigenvalue weighted by Gasteiger charge is 2.18. The minimum Gasteiger partial charge on any atom is -0.337 e. The summed E-state index contributed by atoms with van der Waals surface area (Å²) in [5.74, 6) is 0.551. The van der Waals surface area contributed by atoms with Crippen molar-refractivity contribution in [2.45, 2.75) is 11.4 Å². The summed E-state index contributed by atoms with van der Waals surface area (Å²) in [7, 11) is -3.82. The lowest BCUT2D eigenvalue weighted by Gasteiger charge is -2.05. The van der Waals surface area contributed by atoms with Gasteiger partial charge in [-0.3, -0.25) is 0 Å². The molecule has 0 spiro atoms. The first-order valence-corrected chi connectivity index (χ1v) is 9.25. The molecule has 0 saturated heterocycles. The summed E-state index contributed by atoms with van der Waals surface area (Å²) in [5, 5.41) is 5.76. The molecule has 0 atom stereocenters. The van der Waals surface area contributed by atoms with Crippen LogP contribution in [-0.4, -0.2) is 23.5 Å². The predicted octanol–water partition coefficient (Wildman–Crippen LogP) is 2.98. The third-order valence-electron chi connectivity index (χ3n) is 2.70. The number of nitrogens with one attached hydrogen (secondary N) is 1. The summed E-state index contributed by atoms with van der Waals surface area (Å²) in [5.41, 5.74) is 0. The number of nitrogens with zero attached hydrogens (tertiary/aromatic N) is 3. The lowest BCUT2D eigenvalue weighted by Crippen LogP contribution is -2.23. The second-order valence-corrected chi connectivity index (χ2v) is 7.74. The number of hydrogen-bond donors (Lipinski definition) is 1. The molecule has 3 aromatic heterocycles. The molecular formula is C12H8Cl2N4O3S2. The van der Waals surface area contributed by atoms with E-state index in [-0.39, 0.29) is 27.5 Å². The summed E-state index contributed by atoms with van der Waals surface area (Å²) in [4.78, 5) is 8.55. The van der Waals surface area contributed by atoms with Crippen LogP contribution in [0.3, 0.4) is 0 Å². The zero-order valence-corrected chi connectivity index (χ0v) is 14.4. The standard InChI is InChI=1S/C12H8Cl2N4O3S2/c13-8-4-7(5-15-11(8)14)23(19,20)16-6-10-17-12(18-21-10)9-2-1-3-22-9/h1-5,16H,6H2. The van der Waals surface area contributed by atoms with Crippen LogP contribution in [0.2, 0.25) is 10.2 Å². The molecular weight excluding hydrogens is 383 g/mol. The van der Waals surface area contributed by atoms with Gasteiger partial charge in [0.2, 0.25) is 21.7 Å². The summed E-state index contributed by atoms with van der Waals surface area (Å²) >= 11 is 12.9. The van der Waals surface area contributed by atoms with Crippen molar-refractivity contribution in [2.75, 3.05) is 0 Å². The van der Waals surface area contributed by atoms with Crippen molar-refractivity contribution < 1.29 is 12.9 Å². The average molecular weight is 391 g/mol. The molecule has 0 aliphatic carbocycles. The van der Waals surface area contributed by atoms with Gasteiger partial charge in [0.15, 0.2) is 0 Å². The van der Waals surface area contributed by atoms with E-state index < -0.39 is 10.0 Å². The van der Waals surface area contributed by atoms with Gasteiger partial charge >= 0.3 is 0 Å². The van der Waals surface area contributed by atoms with Gasteiger partial charge in [-0.25, -0.2) is 18.1 Å². The minimum absolute atomic E-state index is 0.0307. The fourth-order valence-corrected chi connectivity index (χ4v) is 3.55. The molecule has 1 N–H and O–H groups in total. The van der Waals surface area contributed by atoms with Crippen LogP contribution in [0.25, 0.3) is 10.7 Å². The number of thiophene rings is 1. The Hall–Kier alpha value is -1.52. The molecule has 0 aromatic carbocycles. The van der Waals surface area contributed by atoms with E-state index in [0.717, 1.165) is 11.1 Å². The molecule has 3 heterocycles. The van der Waals surface area contributed by atoms with Crippen molar-refractivity contribution in [3.05, 3.63) is 45.8 Å². The zero-order valence-electron chi connectivity index (χ0n) is 11.2. The molecule has 3 rings (SSSR count). The van der Waals surface area contributed by atoms with E-state index in [0.29, 0.717) is 5.82 Å². The van der Waals surface area contributed by atoms with E-state index in [2.05, 4.69) is 19.8 Å². The highest BCUT2D eigenvalue weighted by molar-refractivity contribution is 7.89. The van der Waals surface area contributed by atoms with E-state index in [1.54, 1.807) is 0 Å². The van der Waals surface area contributed by atoms with Gasteiger partial charge in [0.05, 0.1) is 16.4 Å². The fourth-order valence-electron chi connectivity index (χ4n) is 1.62. The lowest BCUT2D eigenvalue weighted by molar-refractivity contribution is 0.376. The third-order valence-corrected chi connectivity index (χ3v) is 5.62. The Kier molecular flexibility index (Phi) is 4.64.